The zero-order chi connectivity index (χ0) is 22.2. The van der Waals surface area contributed by atoms with Gasteiger partial charge < -0.3 is 9.80 Å². The van der Waals surface area contributed by atoms with Crippen molar-refractivity contribution in [2.45, 2.75) is 89.6 Å². The molecule has 0 radical (unpaired) electrons. The third-order valence-electron chi connectivity index (χ3n) is 8.04. The van der Waals surface area contributed by atoms with E-state index in [0.29, 0.717) is 29.9 Å². The molecule has 1 atom stereocenters. The van der Waals surface area contributed by atoms with Crippen LogP contribution in [0.3, 0.4) is 0 Å². The molecule has 2 aliphatic heterocycles. The second-order valence-electron chi connectivity index (χ2n) is 10.4. The minimum atomic E-state index is -0.0515. The van der Waals surface area contributed by atoms with E-state index < -0.39 is 0 Å². The molecule has 2 aromatic rings. The number of piperidine rings is 1. The predicted octanol–water partition coefficient (Wildman–Crippen LogP) is 3.85. The minimum absolute atomic E-state index is 0.0303. The number of hydrogen-bond acceptors (Lipinski definition) is 4. The first-order valence-corrected chi connectivity index (χ1v) is 12.7. The van der Waals surface area contributed by atoms with Crippen LogP contribution in [0.25, 0.3) is 5.65 Å². The Morgan fingerprint density at radius 3 is 2.53 bits per heavy atom. The first-order valence-electron chi connectivity index (χ1n) is 12.7. The van der Waals surface area contributed by atoms with Crippen molar-refractivity contribution in [3.05, 3.63) is 33.9 Å². The van der Waals surface area contributed by atoms with E-state index in [2.05, 4.69) is 23.8 Å². The number of nitrogens with zero attached hydrogens (tertiary/aromatic N) is 4. The van der Waals surface area contributed by atoms with Crippen LogP contribution in [0.4, 0.5) is 0 Å². The van der Waals surface area contributed by atoms with Crippen LogP contribution in [0.15, 0.2) is 16.9 Å². The number of aromatic amines is 1. The van der Waals surface area contributed by atoms with Gasteiger partial charge in [-0.05, 0) is 71.4 Å². The molecule has 7 nitrogen and oxygen atoms in total. The number of amides is 1. The molecule has 1 unspecified atom stereocenters. The summed E-state index contributed by atoms with van der Waals surface area (Å²) in [4.78, 5) is 35.3. The Morgan fingerprint density at radius 1 is 1.06 bits per heavy atom. The summed E-state index contributed by atoms with van der Waals surface area (Å²) in [5.41, 5.74) is 2.50. The fraction of sp³-hybridized carbons (Fsp3) is 0.720. The summed E-state index contributed by atoms with van der Waals surface area (Å²) in [6.45, 7) is 7.41. The molecule has 1 aliphatic carbocycles. The van der Waals surface area contributed by atoms with Crippen molar-refractivity contribution in [3.8, 4) is 0 Å². The fourth-order valence-electron chi connectivity index (χ4n) is 6.09. The molecule has 3 fully saturated rings. The molecule has 0 spiro atoms. The number of fused-ring (bicyclic) bond motifs is 1. The van der Waals surface area contributed by atoms with Crippen LogP contribution >= 0.6 is 0 Å². The van der Waals surface area contributed by atoms with Gasteiger partial charge in [0.15, 0.2) is 5.65 Å². The number of rotatable bonds is 5. The van der Waals surface area contributed by atoms with Gasteiger partial charge in [0.25, 0.3) is 5.56 Å². The van der Waals surface area contributed by atoms with Crippen molar-refractivity contribution in [2.75, 3.05) is 19.6 Å². The lowest BCUT2D eigenvalue weighted by molar-refractivity contribution is -0.133. The number of carbonyl (C=O) groups excluding carboxylic acids is 1. The fourth-order valence-corrected chi connectivity index (χ4v) is 6.09. The smallest absolute Gasteiger partial charge is 0.272 e. The summed E-state index contributed by atoms with van der Waals surface area (Å²) in [5, 5.41) is 3.28. The van der Waals surface area contributed by atoms with E-state index in [-0.39, 0.29) is 17.5 Å². The third kappa shape index (κ3) is 4.24. The molecule has 32 heavy (non-hydrogen) atoms. The van der Waals surface area contributed by atoms with Gasteiger partial charge in [0.2, 0.25) is 5.91 Å². The van der Waals surface area contributed by atoms with Gasteiger partial charge in [-0.25, -0.2) is 9.50 Å². The Balaban J connectivity index is 1.34. The zero-order valence-electron chi connectivity index (χ0n) is 19.6. The molecule has 2 saturated heterocycles. The molecule has 7 heteroatoms. The number of H-pyrrole nitrogens is 1. The topological polar surface area (TPSA) is 73.7 Å². The molecule has 1 saturated carbocycles. The van der Waals surface area contributed by atoms with E-state index in [1.807, 2.05) is 11.0 Å². The molecule has 0 aromatic carbocycles. The number of hydrogen-bond donors (Lipinski definition) is 1. The summed E-state index contributed by atoms with van der Waals surface area (Å²) in [6, 6.07) is 4.30. The highest BCUT2D eigenvalue weighted by molar-refractivity contribution is 5.77. The van der Waals surface area contributed by atoms with Gasteiger partial charge in [0.1, 0.15) is 0 Å². The van der Waals surface area contributed by atoms with Crippen molar-refractivity contribution in [1.29, 1.82) is 0 Å². The summed E-state index contributed by atoms with van der Waals surface area (Å²) in [6.07, 6.45) is 9.62. The van der Waals surface area contributed by atoms with Crippen molar-refractivity contribution < 1.29 is 4.79 Å². The molecule has 3 aliphatic rings. The molecule has 1 N–H and O–H groups in total. The van der Waals surface area contributed by atoms with Gasteiger partial charge in [-0.3, -0.25) is 14.7 Å². The van der Waals surface area contributed by atoms with Gasteiger partial charge in [-0.1, -0.05) is 12.8 Å². The lowest BCUT2D eigenvalue weighted by Crippen LogP contribution is -2.38. The Hall–Kier alpha value is -2.15. The zero-order valence-corrected chi connectivity index (χ0v) is 19.6. The van der Waals surface area contributed by atoms with Gasteiger partial charge in [-0.2, -0.15) is 0 Å². The second kappa shape index (κ2) is 9.00. The van der Waals surface area contributed by atoms with Crippen LogP contribution in [0.1, 0.15) is 95.0 Å². The Bertz CT molecular complexity index is 1010. The monoisotopic (exact) mass is 439 g/mol. The second-order valence-corrected chi connectivity index (χ2v) is 10.4. The van der Waals surface area contributed by atoms with E-state index in [9.17, 15) is 9.59 Å². The molecular formula is C25H37N5O2. The number of likely N-dealkylation sites (tertiary alicyclic amines) is 2. The lowest BCUT2D eigenvalue weighted by atomic mass is 9.92. The number of aromatic nitrogens is 3. The molecule has 0 bridgehead atoms. The first kappa shape index (κ1) is 21.7. The predicted molar refractivity (Wildman–Crippen MR) is 125 cm³/mol. The van der Waals surface area contributed by atoms with Gasteiger partial charge in [0, 0.05) is 37.1 Å². The van der Waals surface area contributed by atoms with Crippen LogP contribution in [-0.4, -0.2) is 56.0 Å². The van der Waals surface area contributed by atoms with E-state index in [1.54, 1.807) is 10.6 Å². The summed E-state index contributed by atoms with van der Waals surface area (Å²) in [7, 11) is 0. The minimum Gasteiger partial charge on any atom is -0.334 e. The van der Waals surface area contributed by atoms with Crippen LogP contribution in [0.2, 0.25) is 0 Å². The van der Waals surface area contributed by atoms with Gasteiger partial charge in [-0.15, -0.1) is 0 Å². The average molecular weight is 440 g/mol. The normalized spacial score (nSPS) is 23.7. The molecule has 5 rings (SSSR count). The highest BCUT2D eigenvalue weighted by Crippen LogP contribution is 2.35. The standard InChI is InChI=1S/C25H37N5O2/c1-17(2)28-12-9-19(10-13-28)20-16-25(32)30-23(26-20)15-21(27-30)22-8-5-11-29(22)24(31)14-18-6-3-4-7-18/h15-19,22,27H,3-14H2,1-2H3. The van der Waals surface area contributed by atoms with Crippen LogP contribution in [-0.2, 0) is 4.79 Å². The Morgan fingerprint density at radius 2 is 1.81 bits per heavy atom. The van der Waals surface area contributed by atoms with E-state index >= 15 is 0 Å². The maximum absolute atomic E-state index is 13.0. The summed E-state index contributed by atoms with van der Waals surface area (Å²) < 4.78 is 1.56. The molecule has 2 aromatic heterocycles. The van der Waals surface area contributed by atoms with Crippen LogP contribution < -0.4 is 5.56 Å². The van der Waals surface area contributed by atoms with Crippen molar-refractivity contribution in [2.24, 2.45) is 5.92 Å². The van der Waals surface area contributed by atoms with E-state index in [1.165, 1.54) is 25.7 Å². The summed E-state index contributed by atoms with van der Waals surface area (Å²) in [5.74, 6) is 1.17. The van der Waals surface area contributed by atoms with E-state index in [4.69, 9.17) is 4.98 Å². The third-order valence-corrected chi connectivity index (χ3v) is 8.04. The number of carbonyl (C=O) groups is 1. The lowest BCUT2D eigenvalue weighted by Gasteiger charge is -2.34. The maximum atomic E-state index is 13.0. The average Bonchev–Trinajstić information content (AvgIpc) is 3.53. The maximum Gasteiger partial charge on any atom is 0.272 e. The molecule has 1 amide bonds. The quantitative estimate of drug-likeness (QED) is 0.768. The van der Waals surface area contributed by atoms with Gasteiger partial charge >= 0.3 is 0 Å². The Kier molecular flexibility index (Phi) is 6.10. The SMILES string of the molecule is CC(C)N1CCC(c2cc(=O)n3[nH]c(C4CCCN4C(=O)CC4CCCC4)cc3n2)CC1. The highest BCUT2D eigenvalue weighted by Gasteiger charge is 2.33. The molecule has 174 valence electrons. The molecule has 4 heterocycles. The number of nitrogens with one attached hydrogen (secondary N) is 1. The Labute approximate surface area is 190 Å². The summed E-state index contributed by atoms with van der Waals surface area (Å²) >= 11 is 0. The van der Waals surface area contributed by atoms with Crippen molar-refractivity contribution in [3.63, 3.8) is 0 Å². The van der Waals surface area contributed by atoms with Crippen molar-refractivity contribution >= 4 is 11.6 Å². The highest BCUT2D eigenvalue weighted by atomic mass is 16.2. The van der Waals surface area contributed by atoms with E-state index in [0.717, 1.165) is 56.7 Å². The van der Waals surface area contributed by atoms with Crippen molar-refractivity contribution in [1.82, 2.24) is 24.4 Å². The van der Waals surface area contributed by atoms with Gasteiger partial charge in [0.05, 0.1) is 17.4 Å². The largest absolute Gasteiger partial charge is 0.334 e. The first-order chi connectivity index (χ1) is 15.5. The van der Waals surface area contributed by atoms with Crippen LogP contribution in [0.5, 0.6) is 0 Å². The van der Waals surface area contributed by atoms with Crippen LogP contribution in [0, 0.1) is 5.92 Å². The molecular weight excluding hydrogens is 402 g/mol.